The van der Waals surface area contributed by atoms with Gasteiger partial charge in [0.1, 0.15) is 23.8 Å². The largest absolute Gasteiger partial charge is 0.493 e. The number of ether oxygens (including phenoxy) is 2. The Labute approximate surface area is 307 Å². The van der Waals surface area contributed by atoms with Crippen LogP contribution in [0.5, 0.6) is 11.5 Å². The Kier molecular flexibility index (Phi) is 12.7. The number of rotatable bonds is 16. The lowest BCUT2D eigenvalue weighted by molar-refractivity contribution is -0.115. The molecule has 0 radical (unpaired) electrons. The Morgan fingerprint density at radius 1 is 1.00 bits per heavy atom. The number of phosphoric ester groups is 1. The average molecular weight is 760 g/mol. The Hall–Kier alpha value is -4.21. The molecule has 2 aromatic carbocycles. The lowest BCUT2D eigenvalue weighted by atomic mass is 10.2. The second-order valence-electron chi connectivity index (χ2n) is 14.7. The molecule has 288 valence electrons. The van der Waals surface area contributed by atoms with Crippen LogP contribution in [-0.4, -0.2) is 81.6 Å². The molecule has 3 heterocycles. The van der Waals surface area contributed by atoms with E-state index in [1.165, 1.54) is 6.33 Å². The number of methoxy groups -OCH3 is 1. The number of nitrogens with one attached hydrogen (secondary N) is 3. The van der Waals surface area contributed by atoms with Crippen LogP contribution in [0.25, 0.3) is 10.9 Å². The highest BCUT2D eigenvalue weighted by Gasteiger charge is 2.38. The Bertz CT molecular complexity index is 1890. The van der Waals surface area contributed by atoms with Crippen LogP contribution in [0.2, 0.25) is 0 Å². The zero-order valence-electron chi connectivity index (χ0n) is 31.1. The molecule has 5 rings (SSSR count). The summed E-state index contributed by atoms with van der Waals surface area (Å²) in [6.07, 6.45) is 3.93. The van der Waals surface area contributed by atoms with Crippen molar-refractivity contribution in [3.63, 3.8) is 0 Å². The summed E-state index contributed by atoms with van der Waals surface area (Å²) in [5.74, 6) is -0.212. The lowest BCUT2D eigenvalue weighted by Crippen LogP contribution is -2.35. The Morgan fingerprint density at radius 2 is 1.72 bits per heavy atom. The van der Waals surface area contributed by atoms with Crippen molar-refractivity contribution in [1.29, 1.82) is 0 Å². The number of amides is 1. The summed E-state index contributed by atoms with van der Waals surface area (Å²) in [7, 11) is -2.25. The number of hydrogen-bond donors (Lipinski definition) is 3. The number of anilines is 3. The zero-order chi connectivity index (χ0) is 38.4. The molecule has 1 aliphatic heterocycles. The van der Waals surface area contributed by atoms with Gasteiger partial charge in [0.2, 0.25) is 5.91 Å². The van der Waals surface area contributed by atoms with Crippen LogP contribution < -0.4 is 20.1 Å². The van der Waals surface area contributed by atoms with E-state index < -0.39 is 36.6 Å². The Morgan fingerprint density at radius 3 is 2.40 bits per heavy atom. The molecule has 1 atom stereocenters. The minimum Gasteiger partial charge on any atom is -0.493 e. The maximum Gasteiger partial charge on any atom is 0.475 e. The van der Waals surface area contributed by atoms with Gasteiger partial charge < -0.3 is 20.1 Å². The second kappa shape index (κ2) is 16.9. The highest BCUT2D eigenvalue weighted by Crippen LogP contribution is 2.55. The van der Waals surface area contributed by atoms with E-state index in [9.17, 15) is 18.1 Å². The number of H-pyrrole nitrogens is 1. The van der Waals surface area contributed by atoms with Crippen LogP contribution >= 0.6 is 7.82 Å². The molecular weight excluding hydrogens is 711 g/mol. The van der Waals surface area contributed by atoms with E-state index in [1.807, 2.05) is 41.5 Å². The van der Waals surface area contributed by atoms with Gasteiger partial charge in [-0.2, -0.15) is 5.10 Å². The van der Waals surface area contributed by atoms with Gasteiger partial charge in [-0.3, -0.25) is 28.4 Å². The minimum absolute atomic E-state index is 0.0137. The quantitative estimate of drug-likeness (QED) is 0.0761. The standard InChI is InChI=1S/C36H48F2N7O7P/c1-35(2,3)51-53(47,52-36(4,5)6)50-21-27-10-8-11-45(27)12-9-13-49-31-20-29-28(19-30(31)48-7)34(40-22-39-29)42-32-17-26(43-44-32)18-33(46)41-25-15-23(37)14-24(38)16-25/h14-17,19-20,22,27H,8-13,18,21H2,1-7H3,(H,41,46)(H2,39,40,42,43,44)/t27-/m1/s1. The normalized spacial score (nSPS) is 15.5. The molecule has 0 saturated carbocycles. The van der Waals surface area contributed by atoms with Gasteiger partial charge in [-0.05, 0) is 85.5 Å². The van der Waals surface area contributed by atoms with Gasteiger partial charge in [0.05, 0.1) is 43.5 Å². The van der Waals surface area contributed by atoms with Crippen LogP contribution in [0, 0.1) is 11.6 Å². The molecule has 2 aromatic heterocycles. The number of fused-ring (bicyclic) bond motifs is 1. The topological polar surface area (TPSA) is 162 Å². The molecule has 0 unspecified atom stereocenters. The number of phosphoric acid groups is 1. The average Bonchev–Trinajstić information content (AvgIpc) is 3.68. The number of hydrogen-bond acceptors (Lipinski definition) is 12. The molecule has 1 amide bonds. The number of likely N-dealkylation sites (tertiary alicyclic amines) is 1. The molecule has 53 heavy (non-hydrogen) atoms. The van der Waals surface area contributed by atoms with E-state index in [0.717, 1.165) is 50.6 Å². The first-order chi connectivity index (χ1) is 25.0. The van der Waals surface area contributed by atoms with Crippen LogP contribution in [0.1, 0.15) is 66.5 Å². The van der Waals surface area contributed by atoms with Gasteiger partial charge in [-0.15, -0.1) is 0 Å². The first-order valence-corrected chi connectivity index (χ1v) is 18.9. The fourth-order valence-corrected chi connectivity index (χ4v) is 7.66. The van der Waals surface area contributed by atoms with Crippen molar-refractivity contribution < 1.29 is 41.2 Å². The predicted molar refractivity (Wildman–Crippen MR) is 197 cm³/mol. The summed E-state index contributed by atoms with van der Waals surface area (Å²) < 4.78 is 69.8. The summed E-state index contributed by atoms with van der Waals surface area (Å²) in [4.78, 5) is 23.6. The van der Waals surface area contributed by atoms with Crippen molar-refractivity contribution >= 4 is 42.0 Å². The van der Waals surface area contributed by atoms with Gasteiger partial charge in [0, 0.05) is 47.6 Å². The number of aromatic nitrogens is 4. The maximum atomic E-state index is 13.5. The number of benzene rings is 2. The molecule has 4 aromatic rings. The van der Waals surface area contributed by atoms with E-state index in [-0.39, 0.29) is 24.8 Å². The second-order valence-corrected chi connectivity index (χ2v) is 16.2. The number of halogens is 2. The summed E-state index contributed by atoms with van der Waals surface area (Å²) in [6.45, 7) is 13.2. The molecule has 1 fully saturated rings. The van der Waals surface area contributed by atoms with Crippen molar-refractivity contribution in [2.75, 3.05) is 44.0 Å². The van der Waals surface area contributed by atoms with Crippen LogP contribution in [-0.2, 0) is 29.4 Å². The van der Waals surface area contributed by atoms with Crippen LogP contribution in [0.4, 0.5) is 26.1 Å². The first-order valence-electron chi connectivity index (χ1n) is 17.4. The van der Waals surface area contributed by atoms with E-state index in [0.29, 0.717) is 46.3 Å². The molecule has 0 spiro atoms. The number of aromatic amines is 1. The van der Waals surface area contributed by atoms with E-state index in [1.54, 1.807) is 25.3 Å². The van der Waals surface area contributed by atoms with Gasteiger partial charge in [0.15, 0.2) is 17.3 Å². The molecule has 3 N–H and O–H groups in total. The zero-order valence-corrected chi connectivity index (χ0v) is 32.0. The molecule has 0 aliphatic carbocycles. The maximum absolute atomic E-state index is 13.5. The van der Waals surface area contributed by atoms with Crippen molar-refractivity contribution in [1.82, 2.24) is 25.1 Å². The van der Waals surface area contributed by atoms with Gasteiger partial charge >= 0.3 is 7.82 Å². The van der Waals surface area contributed by atoms with Crippen LogP contribution in [0.15, 0.2) is 42.7 Å². The van der Waals surface area contributed by atoms with E-state index in [2.05, 4.69) is 35.7 Å². The van der Waals surface area contributed by atoms with Crippen molar-refractivity contribution in [2.24, 2.45) is 0 Å². The highest BCUT2D eigenvalue weighted by atomic mass is 31.2. The highest BCUT2D eigenvalue weighted by molar-refractivity contribution is 7.48. The molecule has 14 nitrogen and oxygen atoms in total. The summed E-state index contributed by atoms with van der Waals surface area (Å²) >= 11 is 0. The number of carbonyl (C=O) groups excluding carboxylic acids is 1. The van der Waals surface area contributed by atoms with E-state index >= 15 is 0 Å². The van der Waals surface area contributed by atoms with Crippen molar-refractivity contribution in [3.05, 3.63) is 60.1 Å². The third kappa shape index (κ3) is 11.9. The fraction of sp³-hybridized carbons (Fsp3) is 0.500. The third-order valence-corrected chi connectivity index (χ3v) is 9.85. The number of carbonyl (C=O) groups is 1. The van der Waals surface area contributed by atoms with Gasteiger partial charge in [-0.1, -0.05) is 0 Å². The van der Waals surface area contributed by atoms with Crippen LogP contribution in [0.3, 0.4) is 0 Å². The van der Waals surface area contributed by atoms with Crippen molar-refractivity contribution in [2.45, 2.75) is 84.5 Å². The summed E-state index contributed by atoms with van der Waals surface area (Å²) in [6, 6.07) is 8.05. The lowest BCUT2D eigenvalue weighted by Gasteiger charge is -2.32. The monoisotopic (exact) mass is 759 g/mol. The SMILES string of the molecule is COc1cc2c(Nc3cc(CC(=O)Nc4cc(F)cc(F)c4)[nH]n3)ncnc2cc1OCCCN1CCC[C@@H]1COP(=O)(OC(C)(C)C)OC(C)(C)C. The van der Waals surface area contributed by atoms with Gasteiger partial charge in [-0.25, -0.2) is 23.3 Å². The predicted octanol–water partition coefficient (Wildman–Crippen LogP) is 7.55. The first kappa shape index (κ1) is 40.0. The molecule has 1 saturated heterocycles. The molecular formula is C36H48F2N7O7P. The molecule has 0 bridgehead atoms. The fourth-order valence-electron chi connectivity index (χ4n) is 5.83. The van der Waals surface area contributed by atoms with E-state index in [4.69, 9.17) is 23.0 Å². The minimum atomic E-state index is -3.80. The summed E-state index contributed by atoms with van der Waals surface area (Å²) in [5.41, 5.74) is -0.326. The third-order valence-electron chi connectivity index (χ3n) is 7.84. The molecule has 17 heteroatoms. The summed E-state index contributed by atoms with van der Waals surface area (Å²) in [5, 5.41) is 13.3. The Balaban J connectivity index is 1.16. The smallest absolute Gasteiger partial charge is 0.475 e. The molecule has 1 aliphatic rings. The van der Waals surface area contributed by atoms with Crippen molar-refractivity contribution in [3.8, 4) is 11.5 Å². The number of nitrogens with zero attached hydrogens (tertiary/aromatic N) is 4. The van der Waals surface area contributed by atoms with Gasteiger partial charge in [0.25, 0.3) is 0 Å².